The molecular formula is C29H42ClN3O2. The molecule has 192 valence electrons. The van der Waals surface area contributed by atoms with Crippen molar-refractivity contribution in [2.75, 3.05) is 26.2 Å². The van der Waals surface area contributed by atoms with Gasteiger partial charge in [0.25, 0.3) is 0 Å². The molecular weight excluding hydrogens is 458 g/mol. The van der Waals surface area contributed by atoms with E-state index in [1.807, 2.05) is 11.0 Å². The van der Waals surface area contributed by atoms with Crippen LogP contribution in [0.4, 0.5) is 0 Å². The van der Waals surface area contributed by atoms with Crippen LogP contribution in [0.2, 0.25) is 0 Å². The second kappa shape index (κ2) is 12.5. The third-order valence-electron chi connectivity index (χ3n) is 7.77. The van der Waals surface area contributed by atoms with Gasteiger partial charge in [-0.2, -0.15) is 0 Å². The van der Waals surface area contributed by atoms with Gasteiger partial charge in [0.2, 0.25) is 5.91 Å². The van der Waals surface area contributed by atoms with Crippen LogP contribution in [-0.2, 0) is 22.4 Å². The van der Waals surface area contributed by atoms with Crippen LogP contribution in [0.5, 0.6) is 0 Å². The summed E-state index contributed by atoms with van der Waals surface area (Å²) < 4.78 is 0. The van der Waals surface area contributed by atoms with Gasteiger partial charge in [-0.05, 0) is 87.3 Å². The molecule has 1 aliphatic carbocycles. The molecule has 1 aromatic carbocycles. The molecule has 2 atom stereocenters. The van der Waals surface area contributed by atoms with Crippen LogP contribution in [0.3, 0.4) is 0 Å². The average Bonchev–Trinajstić information content (AvgIpc) is 3.19. The standard InChI is InChI=1S/C29H42ClN3O2/c1-21(2)31-26(8-4-7-18-32-16-5-3-6-17-32)29(35)33-19-15-27(33)28(34)14-10-22-9-11-23-12-13-25(30)24(23)20-22/h9,11,13,20-21,26-27,31H,3-8,10,12,14-19H2,1-2H3/t26-,27+/m1/s1. The highest BCUT2D eigenvalue weighted by Gasteiger charge is 2.39. The van der Waals surface area contributed by atoms with Crippen molar-refractivity contribution in [1.29, 1.82) is 0 Å². The summed E-state index contributed by atoms with van der Waals surface area (Å²) in [5, 5.41) is 4.29. The van der Waals surface area contributed by atoms with E-state index in [1.54, 1.807) is 0 Å². The highest BCUT2D eigenvalue weighted by atomic mass is 35.5. The summed E-state index contributed by atoms with van der Waals surface area (Å²) in [5.41, 5.74) is 3.48. The van der Waals surface area contributed by atoms with E-state index in [1.165, 1.54) is 37.9 Å². The molecule has 35 heavy (non-hydrogen) atoms. The molecule has 2 heterocycles. The first-order valence-electron chi connectivity index (χ1n) is 13.7. The smallest absolute Gasteiger partial charge is 0.240 e. The Morgan fingerprint density at radius 1 is 1.11 bits per heavy atom. The molecule has 1 aromatic rings. The van der Waals surface area contributed by atoms with Gasteiger partial charge in [-0.25, -0.2) is 0 Å². The van der Waals surface area contributed by atoms with Gasteiger partial charge in [-0.1, -0.05) is 56.5 Å². The van der Waals surface area contributed by atoms with Gasteiger partial charge in [-0.3, -0.25) is 9.59 Å². The number of rotatable bonds is 12. The Morgan fingerprint density at radius 2 is 1.91 bits per heavy atom. The van der Waals surface area contributed by atoms with Crippen LogP contribution in [0.25, 0.3) is 5.03 Å². The number of carbonyl (C=O) groups is 2. The second-order valence-electron chi connectivity index (χ2n) is 10.8. The summed E-state index contributed by atoms with van der Waals surface area (Å²) in [7, 11) is 0. The highest BCUT2D eigenvalue weighted by Crippen LogP contribution is 2.31. The maximum absolute atomic E-state index is 13.4. The van der Waals surface area contributed by atoms with Crippen LogP contribution < -0.4 is 5.32 Å². The number of benzene rings is 1. The predicted molar refractivity (Wildman–Crippen MR) is 144 cm³/mol. The zero-order valence-electron chi connectivity index (χ0n) is 21.5. The van der Waals surface area contributed by atoms with Crippen LogP contribution in [0.1, 0.15) is 81.9 Å². The van der Waals surface area contributed by atoms with E-state index in [-0.39, 0.29) is 29.8 Å². The number of aryl methyl sites for hydroxylation is 1. The molecule has 1 N–H and O–H groups in total. The fourth-order valence-electron chi connectivity index (χ4n) is 5.66. The van der Waals surface area contributed by atoms with Crippen molar-refractivity contribution in [3.05, 3.63) is 41.0 Å². The van der Waals surface area contributed by atoms with Gasteiger partial charge in [0, 0.05) is 24.0 Å². The maximum atomic E-state index is 13.4. The molecule has 0 radical (unpaired) electrons. The quantitative estimate of drug-likeness (QED) is 0.413. The molecule has 0 saturated carbocycles. The first-order chi connectivity index (χ1) is 16.9. The third kappa shape index (κ3) is 6.96. The SMILES string of the molecule is CC(C)N[C@H](CCCCN1CCCCC1)C(=O)N1CC[C@H]1C(=O)CCc1ccc2c(c1)C(Cl)=CC2. The first kappa shape index (κ1) is 26.4. The van der Waals surface area contributed by atoms with E-state index in [4.69, 9.17) is 11.6 Å². The number of piperidine rings is 1. The fourth-order valence-corrected chi connectivity index (χ4v) is 5.91. The molecule has 0 bridgehead atoms. The van der Waals surface area contributed by atoms with Crippen LogP contribution in [0.15, 0.2) is 24.3 Å². The second-order valence-corrected chi connectivity index (χ2v) is 11.2. The lowest BCUT2D eigenvalue weighted by atomic mass is 9.92. The number of carbonyl (C=O) groups excluding carboxylic acids is 2. The zero-order valence-corrected chi connectivity index (χ0v) is 22.3. The van der Waals surface area contributed by atoms with Gasteiger partial charge < -0.3 is 15.1 Å². The summed E-state index contributed by atoms with van der Waals surface area (Å²) >= 11 is 6.31. The molecule has 2 fully saturated rings. The lowest BCUT2D eigenvalue weighted by Crippen LogP contribution is -2.60. The summed E-state index contributed by atoms with van der Waals surface area (Å²) in [6.07, 6.45) is 11.9. The number of hydrogen-bond acceptors (Lipinski definition) is 4. The molecule has 3 aliphatic rings. The summed E-state index contributed by atoms with van der Waals surface area (Å²) in [4.78, 5) is 30.8. The largest absolute Gasteiger partial charge is 0.331 e. The number of likely N-dealkylation sites (tertiary alicyclic amines) is 2. The van der Waals surface area contributed by atoms with Crippen molar-refractivity contribution >= 4 is 28.3 Å². The molecule has 0 unspecified atom stereocenters. The van der Waals surface area contributed by atoms with E-state index in [0.717, 1.165) is 54.8 Å². The Kier molecular flexibility index (Phi) is 9.43. The normalized spacial score (nSPS) is 21.0. The minimum Gasteiger partial charge on any atom is -0.331 e. The Hall–Kier alpha value is -1.69. The number of unbranched alkanes of at least 4 members (excludes halogenated alkanes) is 1. The van der Waals surface area contributed by atoms with Gasteiger partial charge in [-0.15, -0.1) is 0 Å². The van der Waals surface area contributed by atoms with Gasteiger partial charge in [0.15, 0.2) is 5.78 Å². The summed E-state index contributed by atoms with van der Waals surface area (Å²) in [5.74, 6) is 0.288. The van der Waals surface area contributed by atoms with Crippen molar-refractivity contribution in [2.24, 2.45) is 0 Å². The van der Waals surface area contributed by atoms with Crippen molar-refractivity contribution in [2.45, 2.75) is 96.2 Å². The Balaban J connectivity index is 1.26. The number of ketones is 1. The lowest BCUT2D eigenvalue weighted by molar-refractivity contribution is -0.148. The van der Waals surface area contributed by atoms with Gasteiger partial charge >= 0.3 is 0 Å². The average molecular weight is 500 g/mol. The zero-order chi connectivity index (χ0) is 24.8. The number of allylic oxidation sites excluding steroid dienone is 1. The highest BCUT2D eigenvalue weighted by molar-refractivity contribution is 6.49. The third-order valence-corrected chi connectivity index (χ3v) is 8.12. The molecule has 2 saturated heterocycles. The van der Waals surface area contributed by atoms with E-state index in [9.17, 15) is 9.59 Å². The minimum absolute atomic E-state index is 0.107. The summed E-state index contributed by atoms with van der Waals surface area (Å²) in [6, 6.07) is 6.12. The topological polar surface area (TPSA) is 52.7 Å². The van der Waals surface area contributed by atoms with E-state index in [2.05, 4.69) is 42.3 Å². The molecule has 4 rings (SSSR count). The van der Waals surface area contributed by atoms with Crippen LogP contribution >= 0.6 is 11.6 Å². The number of nitrogens with zero attached hydrogens (tertiary/aromatic N) is 2. The van der Waals surface area contributed by atoms with Gasteiger partial charge in [0.1, 0.15) is 0 Å². The van der Waals surface area contributed by atoms with Gasteiger partial charge in [0.05, 0.1) is 12.1 Å². The fraction of sp³-hybridized carbons (Fsp3) is 0.655. The number of Topliss-reactive ketones (excluding diaryl/α,β-unsaturated/α-hetero) is 1. The molecule has 5 nitrogen and oxygen atoms in total. The number of fused-ring (bicyclic) bond motifs is 1. The monoisotopic (exact) mass is 499 g/mol. The Morgan fingerprint density at radius 3 is 2.63 bits per heavy atom. The first-order valence-corrected chi connectivity index (χ1v) is 14.1. The molecule has 0 spiro atoms. The van der Waals surface area contributed by atoms with Crippen molar-refractivity contribution in [3.63, 3.8) is 0 Å². The maximum Gasteiger partial charge on any atom is 0.240 e. The lowest BCUT2D eigenvalue weighted by Gasteiger charge is -2.42. The molecule has 1 amide bonds. The number of hydrogen-bond donors (Lipinski definition) is 1. The van der Waals surface area contributed by atoms with Crippen LogP contribution in [-0.4, -0.2) is 65.8 Å². The summed E-state index contributed by atoms with van der Waals surface area (Å²) in [6.45, 7) is 8.45. The molecule has 6 heteroatoms. The van der Waals surface area contributed by atoms with Crippen molar-refractivity contribution in [1.82, 2.24) is 15.1 Å². The van der Waals surface area contributed by atoms with E-state index < -0.39 is 0 Å². The van der Waals surface area contributed by atoms with Crippen LogP contribution in [0, 0.1) is 0 Å². The number of amides is 1. The Bertz CT molecular complexity index is 923. The molecule has 0 aromatic heterocycles. The van der Waals surface area contributed by atoms with Crippen molar-refractivity contribution < 1.29 is 9.59 Å². The number of halogens is 1. The Labute approximate surface area is 216 Å². The van der Waals surface area contributed by atoms with E-state index >= 15 is 0 Å². The van der Waals surface area contributed by atoms with E-state index in [0.29, 0.717) is 19.4 Å². The predicted octanol–water partition coefficient (Wildman–Crippen LogP) is 4.95. The molecule has 2 aliphatic heterocycles. The minimum atomic E-state index is -0.259. The van der Waals surface area contributed by atoms with Crippen molar-refractivity contribution in [3.8, 4) is 0 Å². The number of nitrogens with one attached hydrogen (secondary N) is 1.